The number of urea groups is 1. The molecule has 2 rings (SSSR count). The summed E-state index contributed by atoms with van der Waals surface area (Å²) in [6.45, 7) is 4.71. The van der Waals surface area contributed by atoms with Crippen molar-refractivity contribution in [3.8, 4) is 0 Å². The Kier molecular flexibility index (Phi) is 5.79. The van der Waals surface area contributed by atoms with Crippen molar-refractivity contribution in [1.29, 1.82) is 0 Å². The highest BCUT2D eigenvalue weighted by molar-refractivity contribution is 7.99. The Morgan fingerprint density at radius 2 is 2.19 bits per heavy atom. The maximum Gasteiger partial charge on any atom is 0.326 e. The number of aliphatic carboxylic acids is 1. The van der Waals surface area contributed by atoms with Crippen molar-refractivity contribution in [3.63, 3.8) is 0 Å². The number of carboxylic acid groups (broad SMARTS) is 1. The van der Waals surface area contributed by atoms with E-state index in [2.05, 4.69) is 12.2 Å². The Hall–Kier alpha value is -0.910. The molecule has 2 N–H and O–H groups in total. The first-order chi connectivity index (χ1) is 10.0. The number of carbonyl (C=O) groups is 2. The van der Waals surface area contributed by atoms with E-state index in [1.807, 2.05) is 18.7 Å². The lowest BCUT2D eigenvalue weighted by molar-refractivity contribution is -0.142. The topological polar surface area (TPSA) is 69.6 Å². The van der Waals surface area contributed by atoms with Crippen LogP contribution < -0.4 is 5.32 Å². The number of amides is 2. The molecule has 0 aromatic carbocycles. The van der Waals surface area contributed by atoms with Gasteiger partial charge in [-0.2, -0.15) is 11.8 Å². The number of likely N-dealkylation sites (tertiary alicyclic amines) is 1. The predicted octanol–water partition coefficient (Wildman–Crippen LogP) is 2.41. The zero-order valence-corrected chi connectivity index (χ0v) is 13.7. The van der Waals surface area contributed by atoms with Gasteiger partial charge in [-0.3, -0.25) is 0 Å². The highest BCUT2D eigenvalue weighted by Crippen LogP contribution is 2.42. The summed E-state index contributed by atoms with van der Waals surface area (Å²) >= 11 is 1.86. The van der Waals surface area contributed by atoms with Gasteiger partial charge in [-0.05, 0) is 49.5 Å². The Morgan fingerprint density at radius 3 is 2.86 bits per heavy atom. The summed E-state index contributed by atoms with van der Waals surface area (Å²) in [7, 11) is 0. The van der Waals surface area contributed by atoms with Gasteiger partial charge in [-0.15, -0.1) is 0 Å². The molecule has 21 heavy (non-hydrogen) atoms. The molecular formula is C15H26N2O3S. The smallest absolute Gasteiger partial charge is 0.326 e. The van der Waals surface area contributed by atoms with Crippen molar-refractivity contribution >= 4 is 23.8 Å². The number of carboxylic acids is 1. The van der Waals surface area contributed by atoms with Gasteiger partial charge >= 0.3 is 12.0 Å². The van der Waals surface area contributed by atoms with Gasteiger partial charge in [0.1, 0.15) is 6.04 Å². The standard InChI is InChI=1S/C15H26N2O3S/c1-3-21-8-7-10(2)16-15(20)17-9-11-5-4-6-12(11)13(17)14(18)19/h10-13H,3-9H2,1-2H3,(H,16,20)(H,18,19). The Morgan fingerprint density at radius 1 is 1.43 bits per heavy atom. The number of nitrogens with zero attached hydrogens (tertiary/aromatic N) is 1. The second-order valence-electron chi connectivity index (χ2n) is 6.13. The van der Waals surface area contributed by atoms with Crippen LogP contribution in [0.15, 0.2) is 0 Å². The first kappa shape index (κ1) is 16.5. The molecule has 0 bridgehead atoms. The molecule has 4 atom stereocenters. The summed E-state index contributed by atoms with van der Waals surface area (Å²) in [5, 5.41) is 12.4. The maximum atomic E-state index is 12.4. The number of fused-ring (bicyclic) bond motifs is 1. The van der Waals surface area contributed by atoms with Gasteiger partial charge < -0.3 is 15.3 Å². The molecule has 1 heterocycles. The quantitative estimate of drug-likeness (QED) is 0.739. The SMILES string of the molecule is CCSCCC(C)NC(=O)N1CC2CCCC2C1C(=O)O. The molecule has 1 saturated carbocycles. The fraction of sp³-hybridized carbons (Fsp3) is 0.867. The van der Waals surface area contributed by atoms with E-state index in [1.165, 1.54) is 0 Å². The lowest BCUT2D eigenvalue weighted by atomic mass is 9.94. The minimum atomic E-state index is -0.853. The first-order valence-electron chi connectivity index (χ1n) is 7.92. The summed E-state index contributed by atoms with van der Waals surface area (Å²) in [4.78, 5) is 25.5. The van der Waals surface area contributed by atoms with E-state index in [9.17, 15) is 14.7 Å². The lowest BCUT2D eigenvalue weighted by Gasteiger charge is -2.26. The highest BCUT2D eigenvalue weighted by atomic mass is 32.2. The third-order valence-electron chi connectivity index (χ3n) is 4.67. The second-order valence-corrected chi connectivity index (χ2v) is 7.52. The molecular weight excluding hydrogens is 288 g/mol. The van der Waals surface area contributed by atoms with E-state index in [4.69, 9.17) is 0 Å². The summed E-state index contributed by atoms with van der Waals surface area (Å²) < 4.78 is 0. The molecule has 1 aliphatic carbocycles. The predicted molar refractivity (Wildman–Crippen MR) is 84.6 cm³/mol. The van der Waals surface area contributed by atoms with Crippen molar-refractivity contribution in [2.75, 3.05) is 18.1 Å². The number of hydrogen-bond donors (Lipinski definition) is 2. The summed E-state index contributed by atoms with van der Waals surface area (Å²) in [6.07, 6.45) is 4.01. The molecule has 0 aromatic heterocycles. The third kappa shape index (κ3) is 3.84. The van der Waals surface area contributed by atoms with Crippen LogP contribution in [0.5, 0.6) is 0 Å². The van der Waals surface area contributed by atoms with E-state index in [-0.39, 0.29) is 18.0 Å². The summed E-state index contributed by atoms with van der Waals surface area (Å²) in [5.74, 6) is 1.78. The molecule has 0 radical (unpaired) electrons. The molecule has 6 heteroatoms. The normalized spacial score (nSPS) is 29.2. The van der Waals surface area contributed by atoms with Gasteiger partial charge in [-0.1, -0.05) is 13.3 Å². The van der Waals surface area contributed by atoms with E-state index in [0.717, 1.165) is 37.2 Å². The van der Waals surface area contributed by atoms with Crippen molar-refractivity contribution in [2.24, 2.45) is 11.8 Å². The number of nitrogens with one attached hydrogen (secondary N) is 1. The molecule has 4 unspecified atom stereocenters. The van der Waals surface area contributed by atoms with E-state index in [1.54, 1.807) is 4.90 Å². The molecule has 2 amide bonds. The molecule has 2 aliphatic rings. The van der Waals surface area contributed by atoms with Crippen LogP contribution in [0.25, 0.3) is 0 Å². The molecule has 1 aliphatic heterocycles. The summed E-state index contributed by atoms with van der Waals surface area (Å²) in [6, 6.07) is -0.744. The van der Waals surface area contributed by atoms with Gasteiger partial charge in [-0.25, -0.2) is 9.59 Å². The zero-order valence-electron chi connectivity index (χ0n) is 12.9. The minimum absolute atomic E-state index is 0.0893. The van der Waals surface area contributed by atoms with E-state index < -0.39 is 12.0 Å². The minimum Gasteiger partial charge on any atom is -0.480 e. The second kappa shape index (κ2) is 7.38. The van der Waals surface area contributed by atoms with Gasteiger partial charge in [0, 0.05) is 12.6 Å². The maximum absolute atomic E-state index is 12.4. The van der Waals surface area contributed by atoms with Crippen LogP contribution in [0.3, 0.4) is 0 Å². The monoisotopic (exact) mass is 314 g/mol. The van der Waals surface area contributed by atoms with Gasteiger partial charge in [0.25, 0.3) is 0 Å². The molecule has 2 fully saturated rings. The number of carbonyl (C=O) groups excluding carboxylic acids is 1. The Bertz CT molecular complexity index is 391. The zero-order chi connectivity index (χ0) is 15.4. The third-order valence-corrected chi connectivity index (χ3v) is 5.61. The first-order valence-corrected chi connectivity index (χ1v) is 9.07. The molecule has 120 valence electrons. The van der Waals surface area contributed by atoms with Crippen LogP contribution in [0.4, 0.5) is 4.79 Å². The van der Waals surface area contributed by atoms with Crippen molar-refractivity contribution < 1.29 is 14.7 Å². The van der Waals surface area contributed by atoms with Crippen molar-refractivity contribution in [1.82, 2.24) is 10.2 Å². The van der Waals surface area contributed by atoms with Crippen molar-refractivity contribution in [2.45, 2.75) is 51.6 Å². The summed E-state index contributed by atoms with van der Waals surface area (Å²) in [5.41, 5.74) is 0. The fourth-order valence-corrected chi connectivity index (χ4v) is 4.41. The van der Waals surface area contributed by atoms with Crippen LogP contribution in [0.2, 0.25) is 0 Å². The largest absolute Gasteiger partial charge is 0.480 e. The lowest BCUT2D eigenvalue weighted by Crippen LogP contribution is -2.50. The van der Waals surface area contributed by atoms with Crippen LogP contribution in [-0.2, 0) is 4.79 Å². The Labute approximate surface area is 130 Å². The molecule has 1 saturated heterocycles. The van der Waals surface area contributed by atoms with Crippen LogP contribution >= 0.6 is 11.8 Å². The molecule has 0 aromatic rings. The number of thioether (sulfide) groups is 1. The number of rotatable bonds is 6. The van der Waals surface area contributed by atoms with Gasteiger partial charge in [0.15, 0.2) is 0 Å². The van der Waals surface area contributed by atoms with E-state index >= 15 is 0 Å². The van der Waals surface area contributed by atoms with Crippen molar-refractivity contribution in [3.05, 3.63) is 0 Å². The highest BCUT2D eigenvalue weighted by Gasteiger charge is 2.49. The van der Waals surface area contributed by atoms with Crippen LogP contribution in [-0.4, -0.2) is 52.1 Å². The average molecular weight is 314 g/mol. The fourth-order valence-electron chi connectivity index (χ4n) is 3.60. The average Bonchev–Trinajstić information content (AvgIpc) is 2.97. The molecule has 5 nitrogen and oxygen atoms in total. The van der Waals surface area contributed by atoms with Gasteiger partial charge in [0.2, 0.25) is 0 Å². The van der Waals surface area contributed by atoms with E-state index in [0.29, 0.717) is 12.5 Å². The molecule has 0 spiro atoms. The van der Waals surface area contributed by atoms with Crippen LogP contribution in [0, 0.1) is 11.8 Å². The number of hydrogen-bond acceptors (Lipinski definition) is 3. The Balaban J connectivity index is 1.90. The van der Waals surface area contributed by atoms with Gasteiger partial charge in [0.05, 0.1) is 0 Å². The van der Waals surface area contributed by atoms with Crippen LogP contribution in [0.1, 0.15) is 39.5 Å².